The molecular weight excluding hydrogens is 320 g/mol. The topological polar surface area (TPSA) is 83.8 Å². The lowest BCUT2D eigenvalue weighted by Crippen LogP contribution is -2.63. The van der Waals surface area contributed by atoms with Gasteiger partial charge in [-0.3, -0.25) is 9.59 Å². The Morgan fingerprint density at radius 3 is 2.64 bits per heavy atom. The normalized spacial score (nSPS) is 51.2. The van der Waals surface area contributed by atoms with Gasteiger partial charge in [0.1, 0.15) is 6.10 Å². The standard InChI is InChI=1S/C20H28O5/c1-17(11-14(21)22)7-8-20(24)12(10-17)9-13-15-18(2,16(23)25-13)5-4-6-19(15,20)3/h9,13,15,24H,4-8,10-11H2,1-3H3,(H,21,22). The Morgan fingerprint density at radius 1 is 1.24 bits per heavy atom. The van der Waals surface area contributed by atoms with Crippen LogP contribution in [0.25, 0.3) is 0 Å². The van der Waals surface area contributed by atoms with Crippen LogP contribution in [0.5, 0.6) is 0 Å². The number of fused-ring (bicyclic) bond motifs is 2. The average molecular weight is 348 g/mol. The molecule has 0 aromatic heterocycles. The van der Waals surface area contributed by atoms with Crippen LogP contribution in [-0.4, -0.2) is 33.9 Å². The first-order chi connectivity index (χ1) is 11.5. The molecule has 0 aromatic carbocycles. The smallest absolute Gasteiger partial charge is 0.312 e. The van der Waals surface area contributed by atoms with E-state index in [9.17, 15) is 19.8 Å². The number of aliphatic carboxylic acids is 1. The number of ether oxygens (including phenoxy) is 1. The van der Waals surface area contributed by atoms with Crippen molar-refractivity contribution < 1.29 is 24.5 Å². The van der Waals surface area contributed by atoms with Gasteiger partial charge in [0.25, 0.3) is 0 Å². The van der Waals surface area contributed by atoms with Gasteiger partial charge in [-0.15, -0.1) is 0 Å². The summed E-state index contributed by atoms with van der Waals surface area (Å²) in [6.45, 7) is 6.11. The van der Waals surface area contributed by atoms with Crippen LogP contribution in [0.1, 0.15) is 65.7 Å². The second kappa shape index (κ2) is 4.87. The monoisotopic (exact) mass is 348 g/mol. The summed E-state index contributed by atoms with van der Waals surface area (Å²) in [6.07, 6.45) is 6.19. The molecule has 1 saturated heterocycles. The molecule has 3 aliphatic carbocycles. The van der Waals surface area contributed by atoms with E-state index in [0.717, 1.165) is 24.8 Å². The molecule has 4 aliphatic rings. The summed E-state index contributed by atoms with van der Waals surface area (Å²) >= 11 is 0. The van der Waals surface area contributed by atoms with Crippen molar-refractivity contribution in [2.75, 3.05) is 0 Å². The molecule has 5 heteroatoms. The fraction of sp³-hybridized carbons (Fsp3) is 0.800. The van der Waals surface area contributed by atoms with E-state index in [0.29, 0.717) is 19.3 Å². The Bertz CT molecular complexity index is 684. The maximum absolute atomic E-state index is 12.6. The average Bonchev–Trinajstić information content (AvgIpc) is 2.74. The van der Waals surface area contributed by atoms with Crippen molar-refractivity contribution in [1.29, 1.82) is 0 Å². The van der Waals surface area contributed by atoms with Gasteiger partial charge in [-0.1, -0.05) is 20.3 Å². The minimum absolute atomic E-state index is 0.00108. The molecule has 0 radical (unpaired) electrons. The van der Waals surface area contributed by atoms with Gasteiger partial charge in [-0.25, -0.2) is 0 Å². The third kappa shape index (κ3) is 2.05. The summed E-state index contributed by atoms with van der Waals surface area (Å²) in [5.41, 5.74) is -1.33. The highest BCUT2D eigenvalue weighted by Gasteiger charge is 2.70. The van der Waals surface area contributed by atoms with E-state index < -0.39 is 22.4 Å². The van der Waals surface area contributed by atoms with Crippen LogP contribution in [0.2, 0.25) is 0 Å². The van der Waals surface area contributed by atoms with Crippen LogP contribution < -0.4 is 0 Å². The van der Waals surface area contributed by atoms with Crippen molar-refractivity contribution in [2.45, 2.75) is 77.4 Å². The highest BCUT2D eigenvalue weighted by molar-refractivity contribution is 5.80. The van der Waals surface area contributed by atoms with Gasteiger partial charge >= 0.3 is 11.9 Å². The maximum atomic E-state index is 12.6. The second-order valence-corrected chi connectivity index (χ2v) is 9.65. The van der Waals surface area contributed by atoms with Crippen molar-refractivity contribution in [2.24, 2.45) is 22.2 Å². The van der Waals surface area contributed by atoms with Crippen LogP contribution in [0.3, 0.4) is 0 Å². The molecule has 6 atom stereocenters. The Hall–Kier alpha value is -1.36. The molecule has 1 aliphatic heterocycles. The van der Waals surface area contributed by atoms with Crippen molar-refractivity contribution in [3.8, 4) is 0 Å². The number of carbonyl (C=O) groups excluding carboxylic acids is 1. The number of hydrogen-bond donors (Lipinski definition) is 2. The molecule has 1 heterocycles. The summed E-state index contributed by atoms with van der Waals surface area (Å²) in [7, 11) is 0. The Morgan fingerprint density at radius 2 is 1.96 bits per heavy atom. The molecule has 6 unspecified atom stereocenters. The lowest BCUT2D eigenvalue weighted by molar-refractivity contribution is -0.165. The minimum Gasteiger partial charge on any atom is -0.481 e. The molecule has 2 N–H and O–H groups in total. The zero-order valence-corrected chi connectivity index (χ0v) is 15.3. The minimum atomic E-state index is -0.957. The number of rotatable bonds is 2. The lowest BCUT2D eigenvalue weighted by atomic mass is 9.43. The number of carboxylic acids is 1. The van der Waals surface area contributed by atoms with Gasteiger partial charge in [0.15, 0.2) is 0 Å². The summed E-state index contributed by atoms with van der Waals surface area (Å²) in [5.74, 6) is -0.939. The SMILES string of the molecule is CC1(CC(=O)O)CCC2(O)C(=CC3OC(=O)C4(C)CCCC2(C)C34)C1. The Kier molecular flexibility index (Phi) is 3.33. The highest BCUT2D eigenvalue weighted by atomic mass is 16.6. The molecule has 0 amide bonds. The van der Waals surface area contributed by atoms with E-state index in [1.807, 2.05) is 19.9 Å². The third-order valence-corrected chi connectivity index (χ3v) is 7.93. The van der Waals surface area contributed by atoms with E-state index >= 15 is 0 Å². The van der Waals surface area contributed by atoms with Crippen LogP contribution in [-0.2, 0) is 14.3 Å². The molecule has 138 valence electrons. The van der Waals surface area contributed by atoms with E-state index in [2.05, 4.69) is 6.92 Å². The first-order valence-corrected chi connectivity index (χ1v) is 9.41. The number of carboxylic acid groups (broad SMARTS) is 1. The molecule has 0 bridgehead atoms. The Balaban J connectivity index is 1.79. The summed E-state index contributed by atoms with van der Waals surface area (Å²) in [5, 5.41) is 21.0. The maximum Gasteiger partial charge on any atom is 0.312 e. The molecule has 0 spiro atoms. The van der Waals surface area contributed by atoms with Gasteiger partial charge in [0.05, 0.1) is 17.4 Å². The van der Waals surface area contributed by atoms with Gasteiger partial charge in [0, 0.05) is 11.3 Å². The number of carbonyl (C=O) groups is 2. The van der Waals surface area contributed by atoms with Gasteiger partial charge < -0.3 is 14.9 Å². The predicted octanol–water partition coefficient (Wildman–Crippen LogP) is 3.06. The van der Waals surface area contributed by atoms with Crippen molar-refractivity contribution >= 4 is 11.9 Å². The predicted molar refractivity (Wildman–Crippen MR) is 90.7 cm³/mol. The lowest BCUT2D eigenvalue weighted by Gasteiger charge is -2.61. The number of esters is 1. The molecular formula is C20H28O5. The highest BCUT2D eigenvalue weighted by Crippen LogP contribution is 2.68. The third-order valence-electron chi connectivity index (χ3n) is 7.93. The van der Waals surface area contributed by atoms with E-state index in [-0.39, 0.29) is 29.8 Å². The molecule has 3 fully saturated rings. The summed E-state index contributed by atoms with van der Waals surface area (Å²) < 4.78 is 5.75. The van der Waals surface area contributed by atoms with E-state index in [4.69, 9.17) is 4.74 Å². The molecule has 5 nitrogen and oxygen atoms in total. The van der Waals surface area contributed by atoms with Crippen LogP contribution in [0.4, 0.5) is 0 Å². The van der Waals surface area contributed by atoms with E-state index in [1.54, 1.807) is 0 Å². The fourth-order valence-corrected chi connectivity index (χ4v) is 6.61. The second-order valence-electron chi connectivity index (χ2n) is 9.65. The summed E-state index contributed by atoms with van der Waals surface area (Å²) in [4.78, 5) is 23.9. The largest absolute Gasteiger partial charge is 0.481 e. The first-order valence-electron chi connectivity index (χ1n) is 9.41. The van der Waals surface area contributed by atoms with Crippen LogP contribution in [0.15, 0.2) is 11.6 Å². The molecule has 4 rings (SSSR count). The van der Waals surface area contributed by atoms with E-state index in [1.165, 1.54) is 0 Å². The van der Waals surface area contributed by atoms with Crippen molar-refractivity contribution in [3.63, 3.8) is 0 Å². The van der Waals surface area contributed by atoms with Gasteiger partial charge in [-0.05, 0) is 56.1 Å². The number of hydrogen-bond acceptors (Lipinski definition) is 4. The van der Waals surface area contributed by atoms with Gasteiger partial charge in [-0.2, -0.15) is 0 Å². The fourth-order valence-electron chi connectivity index (χ4n) is 6.61. The van der Waals surface area contributed by atoms with Gasteiger partial charge in [0.2, 0.25) is 0 Å². The van der Waals surface area contributed by atoms with Crippen LogP contribution >= 0.6 is 0 Å². The number of aliphatic hydroxyl groups is 1. The molecule has 0 aromatic rings. The van der Waals surface area contributed by atoms with Crippen LogP contribution in [0, 0.1) is 22.2 Å². The first kappa shape index (κ1) is 17.1. The molecule has 2 saturated carbocycles. The Labute approximate surface area is 148 Å². The zero-order chi connectivity index (χ0) is 18.3. The van der Waals surface area contributed by atoms with Crippen molar-refractivity contribution in [3.05, 3.63) is 11.6 Å². The molecule has 25 heavy (non-hydrogen) atoms. The summed E-state index contributed by atoms with van der Waals surface area (Å²) in [6, 6.07) is 0. The quantitative estimate of drug-likeness (QED) is 0.592. The van der Waals surface area contributed by atoms with Crippen molar-refractivity contribution in [1.82, 2.24) is 0 Å². The zero-order valence-electron chi connectivity index (χ0n) is 15.3.